The summed E-state index contributed by atoms with van der Waals surface area (Å²) < 4.78 is 62.0. The monoisotopic (exact) mass is 320 g/mol. The fourth-order valence-corrected chi connectivity index (χ4v) is 2.55. The van der Waals surface area contributed by atoms with E-state index in [9.17, 15) is 17.6 Å². The molecule has 0 N–H and O–H groups in total. The maximum atomic E-state index is 13.5. The molecule has 0 bridgehead atoms. The lowest BCUT2D eigenvalue weighted by atomic mass is 10.0. The lowest BCUT2D eigenvalue weighted by Gasteiger charge is -2.29. The van der Waals surface area contributed by atoms with Crippen molar-refractivity contribution in [3.8, 4) is 0 Å². The Morgan fingerprint density at radius 1 is 1.14 bits per heavy atom. The third-order valence-corrected chi connectivity index (χ3v) is 3.74. The van der Waals surface area contributed by atoms with Crippen molar-refractivity contribution in [1.82, 2.24) is 0 Å². The van der Waals surface area contributed by atoms with Crippen LogP contribution >= 0.6 is 0 Å². The van der Waals surface area contributed by atoms with E-state index in [4.69, 9.17) is 9.47 Å². The van der Waals surface area contributed by atoms with Crippen LogP contribution in [0.4, 0.5) is 17.6 Å². The van der Waals surface area contributed by atoms with E-state index in [1.807, 2.05) is 0 Å². The Labute approximate surface area is 127 Å². The van der Waals surface area contributed by atoms with Crippen molar-refractivity contribution < 1.29 is 27.0 Å². The molecule has 0 spiro atoms. The highest BCUT2D eigenvalue weighted by atomic mass is 19.4. The number of hydrogen-bond donors (Lipinski definition) is 0. The Hall–Kier alpha value is -1.14. The van der Waals surface area contributed by atoms with Crippen LogP contribution in [0.3, 0.4) is 0 Å². The van der Waals surface area contributed by atoms with Gasteiger partial charge in [0.05, 0.1) is 18.8 Å². The molecule has 1 aromatic rings. The highest BCUT2D eigenvalue weighted by Gasteiger charge is 2.33. The average Bonchev–Trinajstić information content (AvgIpc) is 2.45. The third-order valence-electron chi connectivity index (χ3n) is 3.74. The highest BCUT2D eigenvalue weighted by molar-refractivity contribution is 5.26. The summed E-state index contributed by atoms with van der Waals surface area (Å²) in [4.78, 5) is 0. The van der Waals surface area contributed by atoms with Crippen LogP contribution in [0.1, 0.15) is 37.3 Å². The molecule has 6 heteroatoms. The van der Waals surface area contributed by atoms with Gasteiger partial charge in [-0.25, -0.2) is 4.39 Å². The summed E-state index contributed by atoms with van der Waals surface area (Å²) in [5, 5.41) is 0. The van der Waals surface area contributed by atoms with Crippen LogP contribution in [-0.2, 0) is 22.1 Å². The minimum Gasteiger partial charge on any atom is -0.352 e. The summed E-state index contributed by atoms with van der Waals surface area (Å²) in [6, 6.07) is 3.02. The minimum atomic E-state index is -4.66. The molecule has 0 unspecified atom stereocenters. The Morgan fingerprint density at radius 2 is 1.82 bits per heavy atom. The van der Waals surface area contributed by atoms with E-state index in [1.54, 1.807) is 0 Å². The van der Waals surface area contributed by atoms with E-state index < -0.39 is 17.6 Å². The SMILES string of the molecule is CCCC1COC(CCc2ccc(C(F)(F)F)c(F)c2)OC1. The smallest absolute Gasteiger partial charge is 0.352 e. The predicted molar refractivity (Wildman–Crippen MR) is 73.8 cm³/mol. The zero-order valence-corrected chi connectivity index (χ0v) is 12.5. The lowest BCUT2D eigenvalue weighted by molar-refractivity contribution is -0.203. The molecule has 124 valence electrons. The zero-order chi connectivity index (χ0) is 16.2. The quantitative estimate of drug-likeness (QED) is 0.740. The fourth-order valence-electron chi connectivity index (χ4n) is 2.55. The number of aryl methyl sites for hydroxylation is 1. The summed E-state index contributed by atoms with van der Waals surface area (Å²) in [6.07, 6.45) is -1.98. The van der Waals surface area contributed by atoms with Crippen molar-refractivity contribution in [3.05, 3.63) is 35.1 Å². The molecule has 22 heavy (non-hydrogen) atoms. The minimum absolute atomic E-state index is 0.363. The summed E-state index contributed by atoms with van der Waals surface area (Å²) in [5.41, 5.74) is -0.725. The Kier molecular flexibility index (Phi) is 5.81. The molecule has 1 fully saturated rings. The van der Waals surface area contributed by atoms with Gasteiger partial charge in [0, 0.05) is 12.3 Å². The van der Waals surface area contributed by atoms with E-state index >= 15 is 0 Å². The fraction of sp³-hybridized carbons (Fsp3) is 0.625. The van der Waals surface area contributed by atoms with Gasteiger partial charge in [-0.2, -0.15) is 13.2 Å². The first-order valence-electron chi connectivity index (χ1n) is 7.49. The van der Waals surface area contributed by atoms with Crippen LogP contribution in [0.2, 0.25) is 0 Å². The number of benzene rings is 1. The third kappa shape index (κ3) is 4.68. The van der Waals surface area contributed by atoms with E-state index in [0.717, 1.165) is 25.0 Å². The molecule has 1 aromatic carbocycles. The second-order valence-corrected chi connectivity index (χ2v) is 5.60. The second-order valence-electron chi connectivity index (χ2n) is 5.60. The summed E-state index contributed by atoms with van der Waals surface area (Å²) in [6.45, 7) is 3.38. The number of rotatable bonds is 5. The Morgan fingerprint density at radius 3 is 2.36 bits per heavy atom. The molecule has 1 saturated heterocycles. The van der Waals surface area contributed by atoms with Gasteiger partial charge in [-0.15, -0.1) is 0 Å². The van der Waals surface area contributed by atoms with Crippen LogP contribution in [0.25, 0.3) is 0 Å². The molecule has 0 radical (unpaired) electrons. The van der Waals surface area contributed by atoms with E-state index in [1.165, 1.54) is 6.07 Å². The van der Waals surface area contributed by atoms with Crippen molar-refractivity contribution in [2.45, 2.75) is 45.1 Å². The van der Waals surface area contributed by atoms with Crippen molar-refractivity contribution >= 4 is 0 Å². The first kappa shape index (κ1) is 17.2. The van der Waals surface area contributed by atoms with Crippen molar-refractivity contribution in [3.63, 3.8) is 0 Å². The number of hydrogen-bond acceptors (Lipinski definition) is 2. The molecule has 2 nitrogen and oxygen atoms in total. The summed E-state index contributed by atoms with van der Waals surface area (Å²) in [5.74, 6) is -0.830. The zero-order valence-electron chi connectivity index (χ0n) is 12.5. The van der Waals surface area contributed by atoms with Crippen LogP contribution in [0.15, 0.2) is 18.2 Å². The van der Waals surface area contributed by atoms with Crippen LogP contribution < -0.4 is 0 Å². The van der Waals surface area contributed by atoms with Gasteiger partial charge >= 0.3 is 6.18 Å². The number of alkyl halides is 3. The van der Waals surface area contributed by atoms with Crippen molar-refractivity contribution in [2.75, 3.05) is 13.2 Å². The van der Waals surface area contributed by atoms with E-state index in [-0.39, 0.29) is 6.29 Å². The highest BCUT2D eigenvalue weighted by Crippen LogP contribution is 2.31. The van der Waals surface area contributed by atoms with E-state index in [0.29, 0.717) is 37.5 Å². The van der Waals surface area contributed by atoms with Gasteiger partial charge in [-0.1, -0.05) is 19.4 Å². The molecule has 1 aliphatic rings. The van der Waals surface area contributed by atoms with Gasteiger partial charge < -0.3 is 9.47 Å². The van der Waals surface area contributed by atoms with Gasteiger partial charge in [0.25, 0.3) is 0 Å². The standard InChI is InChI=1S/C16H20F4O2/c1-2-3-12-9-21-15(22-10-12)7-5-11-4-6-13(14(17)8-11)16(18,19)20/h4,6,8,12,15H,2-3,5,7,9-10H2,1H3. The lowest BCUT2D eigenvalue weighted by Crippen LogP contribution is -2.32. The van der Waals surface area contributed by atoms with E-state index in [2.05, 4.69) is 6.92 Å². The van der Waals surface area contributed by atoms with Gasteiger partial charge in [-0.05, 0) is 30.5 Å². The average molecular weight is 320 g/mol. The molecule has 0 aliphatic carbocycles. The van der Waals surface area contributed by atoms with Gasteiger partial charge in [-0.3, -0.25) is 0 Å². The van der Waals surface area contributed by atoms with Gasteiger partial charge in [0.15, 0.2) is 6.29 Å². The Bertz CT molecular complexity index is 480. The van der Waals surface area contributed by atoms with Gasteiger partial charge in [0.1, 0.15) is 5.82 Å². The molecular formula is C16H20F4O2. The largest absolute Gasteiger partial charge is 0.419 e. The molecule has 1 aliphatic heterocycles. The topological polar surface area (TPSA) is 18.5 Å². The van der Waals surface area contributed by atoms with Crippen LogP contribution in [-0.4, -0.2) is 19.5 Å². The molecule has 0 amide bonds. The van der Waals surface area contributed by atoms with Crippen LogP contribution in [0.5, 0.6) is 0 Å². The molecule has 0 saturated carbocycles. The number of ether oxygens (including phenoxy) is 2. The second kappa shape index (κ2) is 7.42. The molecule has 0 atom stereocenters. The Balaban J connectivity index is 1.84. The summed E-state index contributed by atoms with van der Waals surface area (Å²) in [7, 11) is 0. The van der Waals surface area contributed by atoms with Crippen molar-refractivity contribution in [1.29, 1.82) is 0 Å². The molecule has 1 heterocycles. The van der Waals surface area contributed by atoms with Gasteiger partial charge in [0.2, 0.25) is 0 Å². The molecule has 0 aromatic heterocycles. The predicted octanol–water partition coefficient (Wildman–Crippen LogP) is 4.57. The van der Waals surface area contributed by atoms with Crippen molar-refractivity contribution in [2.24, 2.45) is 5.92 Å². The molecule has 2 rings (SSSR count). The summed E-state index contributed by atoms with van der Waals surface area (Å²) >= 11 is 0. The van der Waals surface area contributed by atoms with Crippen LogP contribution in [0, 0.1) is 11.7 Å². The normalized spacial score (nSPS) is 22.8. The maximum absolute atomic E-state index is 13.5. The number of halogens is 4. The first-order chi connectivity index (χ1) is 10.4. The first-order valence-corrected chi connectivity index (χ1v) is 7.49. The molecular weight excluding hydrogens is 300 g/mol. The maximum Gasteiger partial charge on any atom is 0.419 e.